The molecule has 0 aliphatic carbocycles. The summed E-state index contributed by atoms with van der Waals surface area (Å²) in [5, 5.41) is 21.2. The van der Waals surface area contributed by atoms with E-state index in [1.165, 1.54) is 7.05 Å². The molecule has 3 aromatic rings. The first kappa shape index (κ1) is 20.0. The van der Waals surface area contributed by atoms with Crippen LogP contribution in [0.4, 0.5) is 0 Å². The lowest BCUT2D eigenvalue weighted by Crippen LogP contribution is -2.33. The van der Waals surface area contributed by atoms with Crippen molar-refractivity contribution in [2.24, 2.45) is 7.05 Å². The predicted octanol–water partition coefficient (Wildman–Crippen LogP) is 1.42. The summed E-state index contributed by atoms with van der Waals surface area (Å²) in [5.41, 5.74) is 0.0950. The Balaban J connectivity index is 2.10. The number of nitrogens with one attached hydrogen (secondary N) is 1. The van der Waals surface area contributed by atoms with Crippen molar-refractivity contribution in [1.29, 1.82) is 0 Å². The van der Waals surface area contributed by atoms with E-state index in [9.17, 15) is 19.5 Å². The van der Waals surface area contributed by atoms with Crippen LogP contribution in [-0.4, -0.2) is 44.7 Å². The highest BCUT2D eigenvalue weighted by atomic mass is 16.5. The summed E-state index contributed by atoms with van der Waals surface area (Å²) in [5.74, 6) is -0.648. The van der Waals surface area contributed by atoms with Crippen LogP contribution in [0, 0.1) is 0 Å². The van der Waals surface area contributed by atoms with Crippen molar-refractivity contribution >= 4 is 23.2 Å². The van der Waals surface area contributed by atoms with Gasteiger partial charge in [0.25, 0.3) is 11.5 Å². The maximum atomic E-state index is 12.5. The number of aryl methyl sites for hydroxylation is 1. The molecule has 3 rings (SSSR count). The standard InChI is InChI=1S/C20H20N4O5/c1-11(2)29-13-6-4-12(5-7-13)15-10-14-17(26)16(19(27)21-8-9-25)20(28)24(3)18(14)23-22-15/h4-7,9-11,26H,8H2,1-3H3,(H,21,27). The fraction of sp³-hybridized carbons (Fsp3) is 0.250. The molecule has 0 radical (unpaired) electrons. The van der Waals surface area contributed by atoms with Crippen LogP contribution in [0.2, 0.25) is 0 Å². The zero-order valence-corrected chi connectivity index (χ0v) is 16.2. The van der Waals surface area contributed by atoms with Crippen LogP contribution in [0.25, 0.3) is 22.3 Å². The largest absolute Gasteiger partial charge is 0.506 e. The number of aromatic nitrogens is 3. The van der Waals surface area contributed by atoms with E-state index in [0.29, 0.717) is 17.7 Å². The number of hydrogen-bond acceptors (Lipinski definition) is 7. The van der Waals surface area contributed by atoms with E-state index in [2.05, 4.69) is 15.5 Å². The first-order chi connectivity index (χ1) is 13.8. The van der Waals surface area contributed by atoms with Gasteiger partial charge in [0.05, 0.1) is 23.7 Å². The highest BCUT2D eigenvalue weighted by molar-refractivity contribution is 6.02. The van der Waals surface area contributed by atoms with Gasteiger partial charge in [-0.05, 0) is 44.2 Å². The first-order valence-electron chi connectivity index (χ1n) is 8.91. The third kappa shape index (κ3) is 3.93. The molecule has 0 saturated heterocycles. The van der Waals surface area contributed by atoms with E-state index in [0.717, 1.165) is 10.1 Å². The minimum absolute atomic E-state index is 0.0447. The Bertz CT molecular complexity index is 1140. The molecule has 0 fully saturated rings. The van der Waals surface area contributed by atoms with Gasteiger partial charge in [-0.1, -0.05) is 0 Å². The molecule has 0 aliphatic rings. The molecule has 0 bridgehead atoms. The fourth-order valence-electron chi connectivity index (χ4n) is 2.85. The van der Waals surface area contributed by atoms with Crippen molar-refractivity contribution in [3.05, 3.63) is 46.2 Å². The average Bonchev–Trinajstić information content (AvgIpc) is 2.70. The van der Waals surface area contributed by atoms with Gasteiger partial charge in [-0.15, -0.1) is 10.2 Å². The molecule has 2 heterocycles. The molecule has 1 aromatic carbocycles. The quantitative estimate of drug-likeness (QED) is 0.604. The third-order valence-electron chi connectivity index (χ3n) is 4.20. The van der Waals surface area contributed by atoms with Gasteiger partial charge in [-0.2, -0.15) is 0 Å². The Morgan fingerprint density at radius 2 is 1.97 bits per heavy atom. The number of carbonyl (C=O) groups is 2. The van der Waals surface area contributed by atoms with E-state index in [-0.39, 0.29) is 23.7 Å². The third-order valence-corrected chi connectivity index (χ3v) is 4.20. The van der Waals surface area contributed by atoms with Gasteiger partial charge in [0.15, 0.2) is 5.65 Å². The number of aromatic hydroxyl groups is 1. The maximum Gasteiger partial charge on any atom is 0.268 e. The number of ether oxygens (including phenoxy) is 1. The van der Waals surface area contributed by atoms with Gasteiger partial charge in [-0.3, -0.25) is 14.2 Å². The molecule has 2 aromatic heterocycles. The number of nitrogens with zero attached hydrogens (tertiary/aromatic N) is 3. The van der Waals surface area contributed by atoms with Crippen LogP contribution in [0.3, 0.4) is 0 Å². The zero-order valence-electron chi connectivity index (χ0n) is 16.2. The Morgan fingerprint density at radius 3 is 2.59 bits per heavy atom. The number of rotatable bonds is 6. The number of carbonyl (C=O) groups excluding carboxylic acids is 2. The number of pyridine rings is 1. The highest BCUT2D eigenvalue weighted by Crippen LogP contribution is 2.29. The van der Waals surface area contributed by atoms with E-state index >= 15 is 0 Å². The molecule has 2 N–H and O–H groups in total. The molecule has 0 spiro atoms. The Hall–Kier alpha value is -3.75. The molecular weight excluding hydrogens is 376 g/mol. The van der Waals surface area contributed by atoms with Crippen LogP contribution in [0.5, 0.6) is 11.5 Å². The molecular formula is C20H20N4O5. The van der Waals surface area contributed by atoms with Crippen molar-refractivity contribution in [2.75, 3.05) is 6.54 Å². The van der Waals surface area contributed by atoms with E-state index in [1.807, 2.05) is 13.8 Å². The Labute approximate surface area is 166 Å². The van der Waals surface area contributed by atoms with Gasteiger partial charge < -0.3 is 20.0 Å². The number of benzene rings is 1. The molecule has 0 unspecified atom stereocenters. The monoisotopic (exact) mass is 396 g/mol. The zero-order chi connectivity index (χ0) is 21.1. The number of fused-ring (bicyclic) bond motifs is 1. The first-order valence-corrected chi connectivity index (χ1v) is 8.91. The van der Waals surface area contributed by atoms with Crippen molar-refractivity contribution in [3.63, 3.8) is 0 Å². The molecule has 150 valence electrons. The molecule has 9 nitrogen and oxygen atoms in total. The second-order valence-electron chi connectivity index (χ2n) is 6.62. The van der Waals surface area contributed by atoms with Crippen molar-refractivity contribution < 1.29 is 19.4 Å². The summed E-state index contributed by atoms with van der Waals surface area (Å²) in [7, 11) is 1.42. The van der Waals surface area contributed by atoms with Gasteiger partial charge in [0.1, 0.15) is 23.3 Å². The predicted molar refractivity (Wildman–Crippen MR) is 106 cm³/mol. The second kappa shape index (κ2) is 8.09. The Morgan fingerprint density at radius 1 is 1.28 bits per heavy atom. The summed E-state index contributed by atoms with van der Waals surface area (Å²) < 4.78 is 6.74. The molecule has 0 saturated carbocycles. The lowest BCUT2D eigenvalue weighted by atomic mass is 10.1. The van der Waals surface area contributed by atoms with E-state index in [1.54, 1.807) is 30.3 Å². The molecule has 0 atom stereocenters. The second-order valence-corrected chi connectivity index (χ2v) is 6.62. The SMILES string of the molecule is CC(C)Oc1ccc(-c2cc3c(O)c(C(=O)NCC=O)c(=O)n(C)c3nn2)cc1. The fourth-order valence-corrected chi connectivity index (χ4v) is 2.85. The van der Waals surface area contributed by atoms with Gasteiger partial charge in [0.2, 0.25) is 0 Å². The average molecular weight is 396 g/mol. The van der Waals surface area contributed by atoms with Crippen molar-refractivity contribution in [2.45, 2.75) is 20.0 Å². The molecule has 0 aliphatic heterocycles. The minimum Gasteiger partial charge on any atom is -0.506 e. The Kier molecular flexibility index (Phi) is 5.58. The van der Waals surface area contributed by atoms with Crippen LogP contribution in [0.1, 0.15) is 24.2 Å². The van der Waals surface area contributed by atoms with Crippen LogP contribution in [0.15, 0.2) is 35.1 Å². The molecule has 9 heteroatoms. The summed E-state index contributed by atoms with van der Waals surface area (Å²) >= 11 is 0. The summed E-state index contributed by atoms with van der Waals surface area (Å²) in [6, 6.07) is 8.72. The van der Waals surface area contributed by atoms with Gasteiger partial charge in [0, 0.05) is 12.6 Å². The molecule has 1 amide bonds. The van der Waals surface area contributed by atoms with Crippen LogP contribution >= 0.6 is 0 Å². The van der Waals surface area contributed by atoms with E-state index in [4.69, 9.17) is 4.74 Å². The minimum atomic E-state index is -0.842. The maximum absolute atomic E-state index is 12.5. The van der Waals surface area contributed by atoms with Crippen LogP contribution < -0.4 is 15.6 Å². The van der Waals surface area contributed by atoms with Gasteiger partial charge >= 0.3 is 0 Å². The number of amides is 1. The van der Waals surface area contributed by atoms with Gasteiger partial charge in [-0.25, -0.2) is 0 Å². The van der Waals surface area contributed by atoms with Crippen molar-refractivity contribution in [1.82, 2.24) is 20.1 Å². The summed E-state index contributed by atoms with van der Waals surface area (Å²) in [6.45, 7) is 3.58. The lowest BCUT2D eigenvalue weighted by molar-refractivity contribution is -0.107. The normalized spacial score (nSPS) is 10.9. The smallest absolute Gasteiger partial charge is 0.268 e. The number of aldehydes is 1. The number of hydrogen-bond donors (Lipinski definition) is 2. The topological polar surface area (TPSA) is 123 Å². The lowest BCUT2D eigenvalue weighted by Gasteiger charge is -2.12. The molecule has 29 heavy (non-hydrogen) atoms. The summed E-state index contributed by atoms with van der Waals surface area (Å²) in [4.78, 5) is 35.2. The highest BCUT2D eigenvalue weighted by Gasteiger charge is 2.22. The van der Waals surface area contributed by atoms with Crippen molar-refractivity contribution in [3.8, 4) is 22.8 Å². The van der Waals surface area contributed by atoms with E-state index < -0.39 is 22.8 Å². The van der Waals surface area contributed by atoms with Crippen LogP contribution in [-0.2, 0) is 11.8 Å². The summed E-state index contributed by atoms with van der Waals surface area (Å²) in [6.07, 6.45) is 0.528.